The van der Waals surface area contributed by atoms with Gasteiger partial charge in [-0.1, -0.05) is 6.92 Å². The molecular formula is C9H16N4O2. The van der Waals surface area contributed by atoms with Crippen LogP contribution >= 0.6 is 0 Å². The van der Waals surface area contributed by atoms with Crippen LogP contribution in [0.3, 0.4) is 0 Å². The third-order valence-corrected chi connectivity index (χ3v) is 2.02. The Labute approximate surface area is 88.4 Å². The lowest BCUT2D eigenvalue weighted by Gasteiger charge is -2.08. The maximum absolute atomic E-state index is 11.5. The zero-order valence-corrected chi connectivity index (χ0v) is 9.20. The lowest BCUT2D eigenvalue weighted by Crippen LogP contribution is -2.32. The first-order chi connectivity index (χ1) is 7.17. The molecule has 1 aromatic heterocycles. The van der Waals surface area contributed by atoms with Crippen LogP contribution in [-0.2, 0) is 11.2 Å². The highest BCUT2D eigenvalue weighted by Gasteiger charge is 2.12. The van der Waals surface area contributed by atoms with E-state index >= 15 is 0 Å². The SMILES string of the molecule is CCc1nc(C(=O)NCC(C)OC)n[nH]1. The molecule has 6 nitrogen and oxygen atoms in total. The number of hydrogen-bond donors (Lipinski definition) is 2. The summed E-state index contributed by atoms with van der Waals surface area (Å²) in [5.41, 5.74) is 0. The maximum Gasteiger partial charge on any atom is 0.291 e. The van der Waals surface area contributed by atoms with Crippen LogP contribution in [0.2, 0.25) is 0 Å². The van der Waals surface area contributed by atoms with Gasteiger partial charge in [0.1, 0.15) is 5.82 Å². The average Bonchev–Trinajstić information content (AvgIpc) is 2.73. The van der Waals surface area contributed by atoms with Gasteiger partial charge in [0.2, 0.25) is 5.82 Å². The molecule has 1 amide bonds. The number of hydrogen-bond acceptors (Lipinski definition) is 4. The van der Waals surface area contributed by atoms with E-state index in [1.54, 1.807) is 7.11 Å². The number of nitrogens with zero attached hydrogens (tertiary/aromatic N) is 2. The molecule has 0 saturated carbocycles. The quantitative estimate of drug-likeness (QED) is 0.727. The molecule has 84 valence electrons. The van der Waals surface area contributed by atoms with E-state index in [-0.39, 0.29) is 17.8 Å². The Hall–Kier alpha value is -1.43. The molecule has 1 unspecified atom stereocenters. The van der Waals surface area contributed by atoms with E-state index in [0.29, 0.717) is 12.4 Å². The fraction of sp³-hybridized carbons (Fsp3) is 0.667. The monoisotopic (exact) mass is 212 g/mol. The number of aromatic amines is 1. The maximum atomic E-state index is 11.5. The second kappa shape index (κ2) is 5.45. The minimum absolute atomic E-state index is 0.0152. The second-order valence-electron chi connectivity index (χ2n) is 3.22. The van der Waals surface area contributed by atoms with Crippen LogP contribution in [0.15, 0.2) is 0 Å². The number of nitrogens with one attached hydrogen (secondary N) is 2. The van der Waals surface area contributed by atoms with E-state index in [9.17, 15) is 4.79 Å². The highest BCUT2D eigenvalue weighted by molar-refractivity contribution is 5.90. The Morgan fingerprint density at radius 3 is 2.93 bits per heavy atom. The smallest absolute Gasteiger partial charge is 0.291 e. The lowest BCUT2D eigenvalue weighted by atomic mass is 10.4. The zero-order valence-electron chi connectivity index (χ0n) is 9.20. The number of ether oxygens (including phenoxy) is 1. The highest BCUT2D eigenvalue weighted by atomic mass is 16.5. The minimum Gasteiger partial charge on any atom is -0.380 e. The highest BCUT2D eigenvalue weighted by Crippen LogP contribution is 1.93. The van der Waals surface area contributed by atoms with Crippen molar-refractivity contribution in [2.75, 3.05) is 13.7 Å². The summed E-state index contributed by atoms with van der Waals surface area (Å²) in [7, 11) is 1.60. The third-order valence-electron chi connectivity index (χ3n) is 2.02. The number of carbonyl (C=O) groups is 1. The zero-order chi connectivity index (χ0) is 11.3. The Balaban J connectivity index is 2.46. The van der Waals surface area contributed by atoms with Gasteiger partial charge >= 0.3 is 0 Å². The summed E-state index contributed by atoms with van der Waals surface area (Å²) in [6.07, 6.45) is 0.716. The number of aromatic nitrogens is 3. The molecule has 0 spiro atoms. The van der Waals surface area contributed by atoms with Gasteiger partial charge in [-0.05, 0) is 6.92 Å². The number of rotatable bonds is 5. The summed E-state index contributed by atoms with van der Waals surface area (Å²) in [5.74, 6) is 0.602. The molecule has 6 heteroatoms. The summed E-state index contributed by atoms with van der Waals surface area (Å²) in [5, 5.41) is 9.16. The van der Waals surface area contributed by atoms with Gasteiger partial charge in [-0.3, -0.25) is 9.89 Å². The number of H-pyrrole nitrogens is 1. The first-order valence-corrected chi connectivity index (χ1v) is 4.89. The molecule has 0 aliphatic heterocycles. The molecular weight excluding hydrogens is 196 g/mol. The first-order valence-electron chi connectivity index (χ1n) is 4.89. The molecule has 1 heterocycles. The standard InChI is InChI=1S/C9H16N4O2/c1-4-7-11-8(13-12-7)9(14)10-5-6(2)15-3/h6H,4-5H2,1-3H3,(H,10,14)(H,11,12,13). The fourth-order valence-electron chi connectivity index (χ4n) is 0.954. The Morgan fingerprint density at radius 2 is 2.40 bits per heavy atom. The van der Waals surface area contributed by atoms with Crippen LogP contribution in [0, 0.1) is 0 Å². The molecule has 0 radical (unpaired) electrons. The minimum atomic E-state index is -0.283. The van der Waals surface area contributed by atoms with Crippen molar-refractivity contribution in [3.63, 3.8) is 0 Å². The summed E-state index contributed by atoms with van der Waals surface area (Å²) in [4.78, 5) is 15.5. The van der Waals surface area contributed by atoms with Gasteiger partial charge < -0.3 is 10.1 Å². The normalized spacial score (nSPS) is 12.5. The molecule has 1 atom stereocenters. The van der Waals surface area contributed by atoms with Crippen molar-refractivity contribution in [1.82, 2.24) is 20.5 Å². The van der Waals surface area contributed by atoms with Crippen molar-refractivity contribution >= 4 is 5.91 Å². The van der Waals surface area contributed by atoms with Gasteiger partial charge in [-0.25, -0.2) is 4.98 Å². The molecule has 0 saturated heterocycles. The lowest BCUT2D eigenvalue weighted by molar-refractivity contribution is 0.0861. The predicted molar refractivity (Wildman–Crippen MR) is 54.6 cm³/mol. The van der Waals surface area contributed by atoms with Crippen LogP contribution in [-0.4, -0.2) is 40.8 Å². The Bertz CT molecular complexity index is 324. The van der Waals surface area contributed by atoms with E-state index < -0.39 is 0 Å². The molecule has 15 heavy (non-hydrogen) atoms. The van der Waals surface area contributed by atoms with E-state index in [2.05, 4.69) is 20.5 Å². The van der Waals surface area contributed by atoms with E-state index in [1.165, 1.54) is 0 Å². The average molecular weight is 212 g/mol. The van der Waals surface area contributed by atoms with Gasteiger partial charge in [0.25, 0.3) is 5.91 Å². The third kappa shape index (κ3) is 3.32. The molecule has 1 rings (SSSR count). The number of carbonyl (C=O) groups excluding carboxylic acids is 1. The topological polar surface area (TPSA) is 79.9 Å². The van der Waals surface area contributed by atoms with Crippen molar-refractivity contribution < 1.29 is 9.53 Å². The van der Waals surface area contributed by atoms with Crippen molar-refractivity contribution in [3.8, 4) is 0 Å². The van der Waals surface area contributed by atoms with E-state index in [0.717, 1.165) is 6.42 Å². The van der Waals surface area contributed by atoms with Gasteiger partial charge in [0.15, 0.2) is 0 Å². The van der Waals surface area contributed by atoms with Crippen LogP contribution in [0.25, 0.3) is 0 Å². The van der Waals surface area contributed by atoms with Gasteiger partial charge in [-0.2, -0.15) is 0 Å². The number of aryl methyl sites for hydroxylation is 1. The molecule has 1 aromatic rings. The molecule has 0 bridgehead atoms. The van der Waals surface area contributed by atoms with Crippen LogP contribution < -0.4 is 5.32 Å². The van der Waals surface area contributed by atoms with Crippen LogP contribution in [0.1, 0.15) is 30.3 Å². The summed E-state index contributed by atoms with van der Waals surface area (Å²) < 4.78 is 5.00. The number of amides is 1. The second-order valence-corrected chi connectivity index (χ2v) is 3.22. The Morgan fingerprint density at radius 1 is 1.67 bits per heavy atom. The summed E-state index contributed by atoms with van der Waals surface area (Å²) in [6.45, 7) is 4.26. The van der Waals surface area contributed by atoms with Crippen molar-refractivity contribution in [3.05, 3.63) is 11.6 Å². The van der Waals surface area contributed by atoms with Crippen molar-refractivity contribution in [2.45, 2.75) is 26.4 Å². The molecule has 2 N–H and O–H groups in total. The van der Waals surface area contributed by atoms with Gasteiger partial charge in [0.05, 0.1) is 6.10 Å². The predicted octanol–water partition coefficient (Wildman–Crippen LogP) is 0.132. The fourth-order valence-corrected chi connectivity index (χ4v) is 0.954. The molecule has 0 fully saturated rings. The van der Waals surface area contributed by atoms with Crippen LogP contribution in [0.4, 0.5) is 0 Å². The first kappa shape index (κ1) is 11.6. The Kier molecular flexibility index (Phi) is 4.23. The summed E-state index contributed by atoms with van der Waals surface area (Å²) in [6, 6.07) is 0. The van der Waals surface area contributed by atoms with E-state index in [1.807, 2.05) is 13.8 Å². The van der Waals surface area contributed by atoms with Gasteiger partial charge in [0, 0.05) is 20.1 Å². The van der Waals surface area contributed by atoms with Gasteiger partial charge in [-0.15, -0.1) is 5.10 Å². The summed E-state index contributed by atoms with van der Waals surface area (Å²) >= 11 is 0. The molecule has 0 aliphatic rings. The molecule has 0 aliphatic carbocycles. The van der Waals surface area contributed by atoms with Crippen LogP contribution in [0.5, 0.6) is 0 Å². The number of methoxy groups -OCH3 is 1. The van der Waals surface area contributed by atoms with Crippen molar-refractivity contribution in [2.24, 2.45) is 0 Å². The largest absolute Gasteiger partial charge is 0.380 e. The van der Waals surface area contributed by atoms with Crippen molar-refractivity contribution in [1.29, 1.82) is 0 Å². The van der Waals surface area contributed by atoms with E-state index in [4.69, 9.17) is 4.74 Å². The molecule has 0 aromatic carbocycles.